The van der Waals surface area contributed by atoms with Crippen molar-refractivity contribution >= 4 is 23.8 Å². The van der Waals surface area contributed by atoms with Crippen LogP contribution in [0.2, 0.25) is 0 Å². The minimum atomic E-state index is -1.42. The molecule has 54 heavy (non-hydrogen) atoms. The molecule has 0 heterocycles. The third-order valence-electron chi connectivity index (χ3n) is 8.36. The van der Waals surface area contributed by atoms with Crippen LogP contribution in [0.1, 0.15) is 149 Å². The zero-order chi connectivity index (χ0) is 39.7. The van der Waals surface area contributed by atoms with E-state index >= 15 is 0 Å². The maximum absolute atomic E-state index is 12.7. The number of aliphatic hydroxyl groups excluding tert-OH is 1. The van der Waals surface area contributed by atoms with Crippen molar-refractivity contribution < 1.29 is 34.1 Å². The fourth-order valence-corrected chi connectivity index (χ4v) is 5.22. The Balaban J connectivity index is 4.61. The molecule has 0 bridgehead atoms. The van der Waals surface area contributed by atoms with E-state index < -0.39 is 24.5 Å². The molecule has 0 aromatic carbocycles. The number of esters is 1. The van der Waals surface area contributed by atoms with Crippen molar-refractivity contribution in [2.75, 3.05) is 13.2 Å². The number of carbonyl (C=O) groups is 4. The molecule has 2 amide bonds. The Bertz CT molecular complexity index is 1180. The van der Waals surface area contributed by atoms with Crippen molar-refractivity contribution in [3.63, 3.8) is 0 Å². The number of unbranched alkanes of at least 4 members (excludes halogenated alkanes) is 9. The summed E-state index contributed by atoms with van der Waals surface area (Å²) < 4.78 is 5.83. The van der Waals surface area contributed by atoms with Crippen molar-refractivity contribution in [1.29, 1.82) is 0 Å². The fraction of sp³-hybridized carbons (Fsp3) is 0.600. The standard InChI is InChI=1S/C45H72N2O7/c1-3-5-7-9-11-13-15-17-19-21-23-25-27-29-31-37-44(51)54-40(34-30-28-26-24-22-20-18-16-14-12-10-8-6-4-2)35-32-33-36-42(49)46-38-43(50)47-41(39-48)45(52)53/h6,8,11-14,17-20,24,26,30,34,40-41,48H,3-5,7,9-10,15-16,21-23,25,27-29,31-33,35-39H2,1-2H3,(H,46,49)(H,47,50)(H,52,53)/b8-6-,13-11-,14-12-,19-17-,20-18-,26-24-,34-30-. The van der Waals surface area contributed by atoms with Gasteiger partial charge in [0.25, 0.3) is 0 Å². The van der Waals surface area contributed by atoms with E-state index in [1.54, 1.807) is 0 Å². The summed E-state index contributed by atoms with van der Waals surface area (Å²) in [7, 11) is 0. The normalized spacial score (nSPS) is 13.4. The van der Waals surface area contributed by atoms with Crippen molar-refractivity contribution in [1.82, 2.24) is 10.6 Å². The molecular formula is C45H72N2O7. The van der Waals surface area contributed by atoms with Crippen LogP contribution in [0.5, 0.6) is 0 Å². The van der Waals surface area contributed by atoms with Gasteiger partial charge >= 0.3 is 11.9 Å². The van der Waals surface area contributed by atoms with Gasteiger partial charge in [-0.25, -0.2) is 4.79 Å². The SMILES string of the molecule is CC/C=C\C/C=C\C/C=C\C/C=C\C/C=C\C(CCCCC(=O)NCC(=O)NC(CO)C(=O)O)OC(=O)CCCCCCC/C=C\C/C=C\CCCCC. The van der Waals surface area contributed by atoms with Crippen LogP contribution in [0, 0.1) is 0 Å². The molecule has 0 fully saturated rings. The van der Waals surface area contributed by atoms with Gasteiger partial charge < -0.3 is 25.6 Å². The highest BCUT2D eigenvalue weighted by atomic mass is 16.5. The predicted molar refractivity (Wildman–Crippen MR) is 222 cm³/mol. The number of aliphatic carboxylic acids is 1. The number of carboxylic acids is 1. The fourth-order valence-electron chi connectivity index (χ4n) is 5.22. The van der Waals surface area contributed by atoms with Crippen LogP contribution in [0.4, 0.5) is 0 Å². The van der Waals surface area contributed by atoms with E-state index in [0.29, 0.717) is 25.7 Å². The van der Waals surface area contributed by atoms with Gasteiger partial charge in [-0.05, 0) is 96.0 Å². The zero-order valence-corrected chi connectivity index (χ0v) is 33.4. The van der Waals surface area contributed by atoms with Crippen molar-refractivity contribution in [3.8, 4) is 0 Å². The molecule has 0 aliphatic heterocycles. The van der Waals surface area contributed by atoms with Crippen molar-refractivity contribution in [2.24, 2.45) is 0 Å². The van der Waals surface area contributed by atoms with E-state index in [1.807, 2.05) is 12.2 Å². The number of allylic oxidation sites excluding steroid dienone is 13. The van der Waals surface area contributed by atoms with Crippen LogP contribution in [0.3, 0.4) is 0 Å². The minimum absolute atomic E-state index is 0.175. The summed E-state index contributed by atoms with van der Waals surface area (Å²) >= 11 is 0. The van der Waals surface area contributed by atoms with Gasteiger partial charge in [-0.3, -0.25) is 14.4 Å². The Labute approximate surface area is 326 Å². The summed E-state index contributed by atoms with van der Waals surface area (Å²) in [6, 6.07) is -1.42. The highest BCUT2D eigenvalue weighted by molar-refractivity contribution is 5.87. The van der Waals surface area contributed by atoms with E-state index in [4.69, 9.17) is 14.9 Å². The second-order valence-electron chi connectivity index (χ2n) is 13.3. The summed E-state index contributed by atoms with van der Waals surface area (Å²) in [6.07, 6.45) is 49.0. The molecule has 0 saturated carbocycles. The molecule has 9 heteroatoms. The van der Waals surface area contributed by atoms with Crippen molar-refractivity contribution in [3.05, 3.63) is 85.1 Å². The molecule has 0 aromatic rings. The first-order valence-electron chi connectivity index (χ1n) is 20.5. The second-order valence-corrected chi connectivity index (χ2v) is 13.3. The monoisotopic (exact) mass is 753 g/mol. The van der Waals surface area contributed by atoms with Gasteiger partial charge in [-0.1, -0.05) is 125 Å². The van der Waals surface area contributed by atoms with Crippen LogP contribution in [-0.4, -0.2) is 59.3 Å². The summed E-state index contributed by atoms with van der Waals surface area (Å²) in [5, 5.41) is 22.6. The molecule has 304 valence electrons. The van der Waals surface area contributed by atoms with Crippen LogP contribution >= 0.6 is 0 Å². The number of amides is 2. The molecule has 0 rings (SSSR count). The molecule has 2 atom stereocenters. The molecule has 4 N–H and O–H groups in total. The van der Waals surface area contributed by atoms with E-state index in [-0.39, 0.29) is 30.9 Å². The number of aliphatic hydroxyl groups is 1. The lowest BCUT2D eigenvalue weighted by molar-refractivity contribution is -0.147. The average Bonchev–Trinajstić information content (AvgIpc) is 3.16. The molecule has 0 aromatic heterocycles. The second kappa shape index (κ2) is 38.7. The Kier molecular flexibility index (Phi) is 35.9. The number of rotatable bonds is 35. The van der Waals surface area contributed by atoms with Gasteiger partial charge in [0.15, 0.2) is 0 Å². The maximum Gasteiger partial charge on any atom is 0.328 e. The van der Waals surface area contributed by atoms with E-state index in [2.05, 4.69) is 97.4 Å². The lowest BCUT2D eigenvalue weighted by Crippen LogP contribution is -2.47. The molecule has 0 saturated heterocycles. The predicted octanol–water partition coefficient (Wildman–Crippen LogP) is 9.70. The Morgan fingerprint density at radius 1 is 0.593 bits per heavy atom. The highest BCUT2D eigenvalue weighted by Gasteiger charge is 2.19. The third-order valence-corrected chi connectivity index (χ3v) is 8.36. The molecule has 9 nitrogen and oxygen atoms in total. The van der Waals surface area contributed by atoms with Crippen LogP contribution in [0.25, 0.3) is 0 Å². The molecule has 0 aliphatic carbocycles. The quantitative estimate of drug-likeness (QED) is 0.0287. The topological polar surface area (TPSA) is 142 Å². The van der Waals surface area contributed by atoms with Crippen LogP contribution < -0.4 is 10.6 Å². The highest BCUT2D eigenvalue weighted by Crippen LogP contribution is 2.13. The summed E-state index contributed by atoms with van der Waals surface area (Å²) in [5.74, 6) is -2.60. The number of carbonyl (C=O) groups excluding carboxylic acids is 3. The molecule has 0 radical (unpaired) electrons. The first-order valence-corrected chi connectivity index (χ1v) is 20.5. The first-order chi connectivity index (χ1) is 26.3. The third kappa shape index (κ3) is 35.1. The number of hydrogen-bond acceptors (Lipinski definition) is 6. The smallest absolute Gasteiger partial charge is 0.328 e. The molecule has 0 spiro atoms. The number of carboxylic acid groups (broad SMARTS) is 1. The van der Waals surface area contributed by atoms with E-state index in [1.165, 1.54) is 25.7 Å². The summed E-state index contributed by atoms with van der Waals surface area (Å²) in [5.41, 5.74) is 0. The summed E-state index contributed by atoms with van der Waals surface area (Å²) in [4.78, 5) is 47.7. The molecule has 0 aliphatic rings. The molecular weight excluding hydrogens is 681 g/mol. The lowest BCUT2D eigenvalue weighted by Gasteiger charge is -2.15. The number of nitrogens with one attached hydrogen (secondary N) is 2. The van der Waals surface area contributed by atoms with Gasteiger partial charge in [0, 0.05) is 12.8 Å². The van der Waals surface area contributed by atoms with Gasteiger partial charge in [-0.2, -0.15) is 0 Å². The number of hydrogen-bond donors (Lipinski definition) is 4. The van der Waals surface area contributed by atoms with Gasteiger partial charge in [0.1, 0.15) is 12.1 Å². The van der Waals surface area contributed by atoms with Crippen LogP contribution in [0.15, 0.2) is 85.1 Å². The van der Waals surface area contributed by atoms with Crippen molar-refractivity contribution in [2.45, 2.75) is 161 Å². The van der Waals surface area contributed by atoms with E-state index in [9.17, 15) is 19.2 Å². The van der Waals surface area contributed by atoms with Gasteiger partial charge in [0.05, 0.1) is 13.2 Å². The average molecular weight is 753 g/mol. The first kappa shape index (κ1) is 50.0. The van der Waals surface area contributed by atoms with Gasteiger partial charge in [-0.15, -0.1) is 0 Å². The summed E-state index contributed by atoms with van der Waals surface area (Å²) in [6.45, 7) is 3.24. The maximum atomic E-state index is 12.7. The lowest BCUT2D eigenvalue weighted by atomic mass is 10.1. The largest absolute Gasteiger partial charge is 0.480 e. The zero-order valence-electron chi connectivity index (χ0n) is 33.4. The Hall–Kier alpha value is -3.98. The Morgan fingerprint density at radius 3 is 1.69 bits per heavy atom. The van der Waals surface area contributed by atoms with Gasteiger partial charge in [0.2, 0.25) is 11.8 Å². The minimum Gasteiger partial charge on any atom is -0.480 e. The van der Waals surface area contributed by atoms with Crippen LogP contribution in [-0.2, 0) is 23.9 Å². The number of ether oxygens (including phenoxy) is 1. The van der Waals surface area contributed by atoms with E-state index in [0.717, 1.165) is 77.0 Å². The Morgan fingerprint density at radius 2 is 1.11 bits per heavy atom. The molecule has 2 unspecified atom stereocenters.